The molecule has 1 aliphatic carbocycles. The fraction of sp³-hybridized carbons (Fsp3) is 1.00. The zero-order valence-corrected chi connectivity index (χ0v) is 17.6. The molecule has 0 aromatic rings. The molecule has 1 fully saturated rings. The van der Waals surface area contributed by atoms with E-state index in [-0.39, 0.29) is 57.0 Å². The van der Waals surface area contributed by atoms with Crippen LogP contribution in [0.15, 0.2) is 0 Å². The van der Waals surface area contributed by atoms with Gasteiger partial charge in [0.15, 0.2) is 8.32 Å². The third-order valence-corrected chi connectivity index (χ3v) is 8.35. The van der Waals surface area contributed by atoms with Gasteiger partial charge >= 0.3 is 23.1 Å². The monoisotopic (exact) mass is 396 g/mol. The van der Waals surface area contributed by atoms with Gasteiger partial charge < -0.3 is 38.4 Å². The summed E-state index contributed by atoms with van der Waals surface area (Å²) < 4.78 is 6.38. The van der Waals surface area contributed by atoms with Crippen molar-refractivity contribution in [1.82, 2.24) is 0 Å². The molecular weight excluding hydrogens is 372 g/mol. The second kappa shape index (κ2) is 9.75. The van der Waals surface area contributed by atoms with Crippen molar-refractivity contribution in [3.63, 3.8) is 0 Å². The number of hydrogen-bond donors (Lipinski definition) is 0. The molecule has 1 aliphatic rings. The summed E-state index contributed by atoms with van der Waals surface area (Å²) in [6, 6.07) is 0. The van der Waals surface area contributed by atoms with E-state index in [0.717, 1.165) is 0 Å². The van der Waals surface area contributed by atoms with E-state index in [0.29, 0.717) is 11.1 Å². The molecule has 1 saturated carbocycles. The minimum absolute atomic E-state index is 0. The van der Waals surface area contributed by atoms with Crippen LogP contribution in [0, 0.1) is 0 Å². The number of hydrogen-bond acceptors (Lipinski definition) is 1. The van der Waals surface area contributed by atoms with Crippen molar-refractivity contribution in [3.05, 3.63) is 0 Å². The molecule has 0 aromatic carbocycles. The Balaban J connectivity index is -0.000000653. The molecule has 0 spiro atoms. The van der Waals surface area contributed by atoms with Gasteiger partial charge in [-0.15, -0.1) is 0 Å². The number of halogens is 2. The van der Waals surface area contributed by atoms with E-state index in [1.165, 1.54) is 32.1 Å². The average Bonchev–Trinajstić information content (AvgIpc) is 2.03. The summed E-state index contributed by atoms with van der Waals surface area (Å²) in [5, 5.41) is 0.366. The maximum absolute atomic E-state index is 6.38. The Morgan fingerprint density at radius 1 is 0.941 bits per heavy atom. The summed E-state index contributed by atoms with van der Waals surface area (Å²) in [7, 11) is -1.49. The van der Waals surface area contributed by atoms with E-state index in [2.05, 4.69) is 33.9 Å². The van der Waals surface area contributed by atoms with E-state index < -0.39 is 8.32 Å². The Morgan fingerprint density at radius 3 is 1.71 bits per heavy atom. The van der Waals surface area contributed by atoms with Crippen LogP contribution in [0.1, 0.15) is 52.9 Å². The predicted molar refractivity (Wildman–Crippen MR) is 70.9 cm³/mol. The SMILES string of the molecule is CC(C)(C)[Si](C)(C)OC1CCCCC1.[Br-].[Br-].[Mg+2]. The molecule has 0 aromatic heterocycles. The maximum atomic E-state index is 6.38. The molecular formula is C12H26Br2MgOSi. The Hall–Kier alpha value is 1.90. The summed E-state index contributed by atoms with van der Waals surface area (Å²) >= 11 is 0. The molecule has 1 rings (SSSR count). The number of rotatable bonds is 2. The fourth-order valence-corrected chi connectivity index (χ4v) is 3.20. The first-order valence-corrected chi connectivity index (χ1v) is 8.91. The minimum Gasteiger partial charge on any atom is -1.00 e. The van der Waals surface area contributed by atoms with Crippen molar-refractivity contribution in [2.24, 2.45) is 0 Å². The van der Waals surface area contributed by atoms with Gasteiger partial charge in [0.2, 0.25) is 0 Å². The third kappa shape index (κ3) is 7.92. The van der Waals surface area contributed by atoms with Crippen molar-refractivity contribution in [3.8, 4) is 0 Å². The zero-order chi connectivity index (χ0) is 10.8. The first kappa shape index (κ1) is 24.0. The molecule has 0 unspecified atom stereocenters. The molecule has 17 heavy (non-hydrogen) atoms. The van der Waals surface area contributed by atoms with E-state index in [1.807, 2.05) is 0 Å². The Labute approximate surface area is 146 Å². The molecule has 0 radical (unpaired) electrons. The second-order valence-electron chi connectivity index (χ2n) is 6.14. The van der Waals surface area contributed by atoms with E-state index in [9.17, 15) is 0 Å². The zero-order valence-electron chi connectivity index (χ0n) is 12.0. The van der Waals surface area contributed by atoms with Crippen molar-refractivity contribution in [2.45, 2.75) is 77.1 Å². The van der Waals surface area contributed by atoms with E-state index in [4.69, 9.17) is 4.43 Å². The van der Waals surface area contributed by atoms with Crippen LogP contribution < -0.4 is 34.0 Å². The summed E-state index contributed by atoms with van der Waals surface area (Å²) in [5.41, 5.74) is 0. The van der Waals surface area contributed by atoms with Gasteiger partial charge in [0.05, 0.1) is 0 Å². The fourth-order valence-electron chi connectivity index (χ4n) is 1.78. The summed E-state index contributed by atoms with van der Waals surface area (Å²) in [6.07, 6.45) is 7.33. The van der Waals surface area contributed by atoms with Crippen LogP contribution >= 0.6 is 0 Å². The molecule has 100 valence electrons. The van der Waals surface area contributed by atoms with Crippen LogP contribution in [0.3, 0.4) is 0 Å². The standard InChI is InChI=1S/C12H26OSi.2BrH.Mg/c1-12(2,3)14(4,5)13-11-9-7-6-8-10-11;;;/h11H,6-10H2,1-5H3;2*1H;/q;;;+2/p-2. The largest absolute Gasteiger partial charge is 2.00 e. The second-order valence-corrected chi connectivity index (χ2v) is 10.9. The molecule has 0 N–H and O–H groups in total. The van der Waals surface area contributed by atoms with Gasteiger partial charge in [-0.25, -0.2) is 0 Å². The van der Waals surface area contributed by atoms with Gasteiger partial charge in [0.25, 0.3) is 0 Å². The Morgan fingerprint density at radius 2 is 1.35 bits per heavy atom. The normalized spacial score (nSPS) is 17.5. The van der Waals surface area contributed by atoms with Crippen LogP contribution in [-0.2, 0) is 4.43 Å². The average molecular weight is 399 g/mol. The molecule has 0 saturated heterocycles. The molecule has 0 amide bonds. The Kier molecular flexibility index (Phi) is 13.7. The van der Waals surface area contributed by atoms with Gasteiger partial charge in [-0.3, -0.25) is 0 Å². The first-order chi connectivity index (χ1) is 6.33. The van der Waals surface area contributed by atoms with Crippen molar-refractivity contribution >= 4 is 31.4 Å². The molecule has 0 aliphatic heterocycles. The topological polar surface area (TPSA) is 9.23 Å². The van der Waals surface area contributed by atoms with Crippen LogP contribution in [0.2, 0.25) is 18.1 Å². The van der Waals surface area contributed by atoms with E-state index >= 15 is 0 Å². The molecule has 0 heterocycles. The van der Waals surface area contributed by atoms with Gasteiger partial charge in [-0.2, -0.15) is 0 Å². The van der Waals surface area contributed by atoms with Crippen LogP contribution in [0.4, 0.5) is 0 Å². The van der Waals surface area contributed by atoms with Crippen molar-refractivity contribution in [2.75, 3.05) is 0 Å². The molecule has 5 heteroatoms. The summed E-state index contributed by atoms with van der Waals surface area (Å²) in [5.74, 6) is 0. The predicted octanol–water partition coefficient (Wildman–Crippen LogP) is -2.03. The van der Waals surface area contributed by atoms with Gasteiger partial charge in [-0.05, 0) is 31.0 Å². The van der Waals surface area contributed by atoms with Gasteiger partial charge in [0.1, 0.15) is 0 Å². The first-order valence-electron chi connectivity index (χ1n) is 6.01. The van der Waals surface area contributed by atoms with E-state index in [1.54, 1.807) is 0 Å². The van der Waals surface area contributed by atoms with Gasteiger partial charge in [-0.1, -0.05) is 40.0 Å². The van der Waals surface area contributed by atoms with Crippen LogP contribution in [-0.4, -0.2) is 37.5 Å². The summed E-state index contributed by atoms with van der Waals surface area (Å²) in [4.78, 5) is 0. The molecule has 1 nitrogen and oxygen atoms in total. The smallest absolute Gasteiger partial charge is 1.00 e. The quantitative estimate of drug-likeness (QED) is 0.488. The minimum atomic E-state index is -1.49. The third-order valence-electron chi connectivity index (χ3n) is 3.82. The molecule has 0 atom stereocenters. The summed E-state index contributed by atoms with van der Waals surface area (Å²) in [6.45, 7) is 11.7. The van der Waals surface area contributed by atoms with Crippen molar-refractivity contribution in [1.29, 1.82) is 0 Å². The van der Waals surface area contributed by atoms with Crippen molar-refractivity contribution < 1.29 is 38.4 Å². The van der Waals surface area contributed by atoms with Gasteiger partial charge in [0, 0.05) is 6.10 Å². The maximum Gasteiger partial charge on any atom is 2.00 e. The Bertz CT molecular complexity index is 189. The van der Waals surface area contributed by atoms with Crippen LogP contribution in [0.5, 0.6) is 0 Å². The molecule has 0 bridgehead atoms. The van der Waals surface area contributed by atoms with Crippen LogP contribution in [0.25, 0.3) is 0 Å².